The minimum absolute atomic E-state index is 0.0413. The average molecular weight is 441 g/mol. The molecule has 0 saturated carbocycles. The number of nitriles is 1. The fourth-order valence-electron chi connectivity index (χ4n) is 2.45. The van der Waals surface area contributed by atoms with Gasteiger partial charge in [0.25, 0.3) is 5.91 Å². The number of carbonyl (C=O) groups excluding carboxylic acids is 2. The van der Waals surface area contributed by atoms with Crippen molar-refractivity contribution in [2.45, 2.75) is 0 Å². The Kier molecular flexibility index (Phi) is 5.47. The summed E-state index contributed by atoms with van der Waals surface area (Å²) in [6.45, 7) is 0. The number of fused-ring (bicyclic) bond motifs is 1. The number of primary amides is 1. The molecule has 0 fully saturated rings. The molecule has 0 unspecified atom stereocenters. The first-order valence-corrected chi connectivity index (χ1v) is 8.71. The van der Waals surface area contributed by atoms with Crippen LogP contribution in [0.25, 0.3) is 17.0 Å². The van der Waals surface area contributed by atoms with Gasteiger partial charge in [-0.2, -0.15) is 5.26 Å². The Bertz CT molecular complexity index is 1160. The van der Waals surface area contributed by atoms with Crippen molar-refractivity contribution in [2.24, 2.45) is 5.73 Å². The van der Waals surface area contributed by atoms with Crippen molar-refractivity contribution < 1.29 is 23.5 Å². The molecule has 0 saturated heterocycles. The molecule has 1 aromatic heterocycles. The first kappa shape index (κ1) is 19.2. The summed E-state index contributed by atoms with van der Waals surface area (Å²) in [5.74, 6) is -1.09. The molecule has 0 bridgehead atoms. The van der Waals surface area contributed by atoms with Gasteiger partial charge in [0.1, 0.15) is 17.2 Å². The maximum absolute atomic E-state index is 12.4. The van der Waals surface area contributed by atoms with Gasteiger partial charge in [-0.05, 0) is 48.0 Å². The monoisotopic (exact) mass is 440 g/mol. The number of hydrogen-bond acceptors (Lipinski definition) is 6. The smallest absolute Gasteiger partial charge is 0.379 e. The second kappa shape index (κ2) is 7.98. The quantitative estimate of drug-likeness (QED) is 0.279. The number of rotatable bonds is 5. The van der Waals surface area contributed by atoms with Crippen molar-refractivity contribution in [1.82, 2.24) is 0 Å². The molecule has 3 aromatic rings. The standard InChI is InChI=1S/C20H13BrN2O5/c1-26-17-7-11(6-13(10-22)19(23)24)2-4-16(17)28-20(25)18-9-12-8-14(21)3-5-15(12)27-18/h2-9H,1H3,(H2,23,24)/b13-6+. The van der Waals surface area contributed by atoms with Crippen molar-refractivity contribution in [1.29, 1.82) is 5.26 Å². The first-order chi connectivity index (χ1) is 13.4. The molecule has 1 amide bonds. The van der Waals surface area contributed by atoms with E-state index < -0.39 is 11.9 Å². The number of hydrogen-bond donors (Lipinski definition) is 1. The van der Waals surface area contributed by atoms with Crippen LogP contribution in [0, 0.1) is 11.3 Å². The third-order valence-electron chi connectivity index (χ3n) is 3.77. The molecule has 7 nitrogen and oxygen atoms in total. The lowest BCUT2D eigenvalue weighted by atomic mass is 10.1. The first-order valence-electron chi connectivity index (χ1n) is 7.92. The Labute approximate surface area is 168 Å². The van der Waals surface area contributed by atoms with Crippen LogP contribution in [0.2, 0.25) is 0 Å². The highest BCUT2D eigenvalue weighted by Crippen LogP contribution is 2.30. The van der Waals surface area contributed by atoms with Crippen LogP contribution in [0.1, 0.15) is 16.1 Å². The van der Waals surface area contributed by atoms with E-state index in [1.807, 2.05) is 6.07 Å². The Hall–Kier alpha value is -3.57. The lowest BCUT2D eigenvalue weighted by Gasteiger charge is -2.09. The predicted octanol–water partition coefficient (Wildman–Crippen LogP) is 3.82. The van der Waals surface area contributed by atoms with Gasteiger partial charge >= 0.3 is 5.97 Å². The fraction of sp³-hybridized carbons (Fsp3) is 0.0500. The minimum Gasteiger partial charge on any atom is -0.493 e. The van der Waals surface area contributed by atoms with Gasteiger partial charge in [-0.15, -0.1) is 0 Å². The minimum atomic E-state index is -0.839. The number of halogens is 1. The molecule has 0 radical (unpaired) electrons. The fourth-order valence-corrected chi connectivity index (χ4v) is 2.83. The van der Waals surface area contributed by atoms with Gasteiger partial charge in [-0.3, -0.25) is 4.79 Å². The molecular weight excluding hydrogens is 428 g/mol. The molecule has 1 heterocycles. The molecule has 8 heteroatoms. The average Bonchev–Trinajstić information content (AvgIpc) is 3.10. The van der Waals surface area contributed by atoms with Crippen molar-refractivity contribution in [3.63, 3.8) is 0 Å². The van der Waals surface area contributed by atoms with Crippen LogP contribution in [-0.4, -0.2) is 19.0 Å². The van der Waals surface area contributed by atoms with Gasteiger partial charge in [0.15, 0.2) is 11.5 Å². The Morgan fingerprint density at radius 2 is 1.96 bits per heavy atom. The molecule has 2 aromatic carbocycles. The normalized spacial score (nSPS) is 11.1. The zero-order chi connectivity index (χ0) is 20.3. The van der Waals surface area contributed by atoms with Crippen LogP contribution in [0.5, 0.6) is 11.5 Å². The zero-order valence-electron chi connectivity index (χ0n) is 14.6. The molecule has 140 valence electrons. The third kappa shape index (κ3) is 4.05. The number of esters is 1. The Morgan fingerprint density at radius 1 is 1.18 bits per heavy atom. The molecule has 0 spiro atoms. The number of nitrogens with two attached hydrogens (primary N) is 1. The highest BCUT2D eigenvalue weighted by molar-refractivity contribution is 9.10. The zero-order valence-corrected chi connectivity index (χ0v) is 16.1. The topological polar surface area (TPSA) is 116 Å². The highest BCUT2D eigenvalue weighted by atomic mass is 79.9. The molecule has 0 aliphatic heterocycles. The van der Waals surface area contributed by atoms with E-state index in [9.17, 15) is 9.59 Å². The van der Waals surface area contributed by atoms with Gasteiger partial charge in [-0.25, -0.2) is 4.79 Å². The Balaban J connectivity index is 1.87. The SMILES string of the molecule is COc1cc(/C=C(\C#N)C(N)=O)ccc1OC(=O)c1cc2cc(Br)ccc2o1. The molecule has 0 aliphatic rings. The molecular formula is C20H13BrN2O5. The maximum Gasteiger partial charge on any atom is 0.379 e. The summed E-state index contributed by atoms with van der Waals surface area (Å²) in [5.41, 5.74) is 5.96. The highest BCUT2D eigenvalue weighted by Gasteiger charge is 2.17. The van der Waals surface area contributed by atoms with E-state index in [-0.39, 0.29) is 22.8 Å². The van der Waals surface area contributed by atoms with Gasteiger partial charge in [-0.1, -0.05) is 22.0 Å². The largest absolute Gasteiger partial charge is 0.493 e. The number of carbonyl (C=O) groups is 2. The number of amides is 1. The number of nitrogens with zero attached hydrogens (tertiary/aromatic N) is 1. The number of methoxy groups -OCH3 is 1. The summed E-state index contributed by atoms with van der Waals surface area (Å²) in [4.78, 5) is 23.6. The van der Waals surface area contributed by atoms with E-state index in [0.717, 1.165) is 9.86 Å². The summed E-state index contributed by atoms with van der Waals surface area (Å²) in [7, 11) is 1.40. The van der Waals surface area contributed by atoms with E-state index in [1.54, 1.807) is 30.3 Å². The van der Waals surface area contributed by atoms with Crippen LogP contribution in [-0.2, 0) is 4.79 Å². The summed E-state index contributed by atoms with van der Waals surface area (Å²) >= 11 is 3.36. The summed E-state index contributed by atoms with van der Waals surface area (Å²) in [6, 6.07) is 13.2. The molecule has 28 heavy (non-hydrogen) atoms. The Morgan fingerprint density at radius 3 is 2.64 bits per heavy atom. The summed E-state index contributed by atoms with van der Waals surface area (Å²) in [5, 5.41) is 9.68. The number of furan rings is 1. The van der Waals surface area contributed by atoms with Crippen LogP contribution in [0.4, 0.5) is 0 Å². The van der Waals surface area contributed by atoms with Gasteiger partial charge in [0.05, 0.1) is 7.11 Å². The molecule has 2 N–H and O–H groups in total. The van der Waals surface area contributed by atoms with Crippen LogP contribution in [0.15, 0.2) is 56.9 Å². The van der Waals surface area contributed by atoms with E-state index in [2.05, 4.69) is 15.9 Å². The van der Waals surface area contributed by atoms with E-state index >= 15 is 0 Å². The number of benzene rings is 2. The van der Waals surface area contributed by atoms with Crippen molar-refractivity contribution in [3.8, 4) is 17.6 Å². The van der Waals surface area contributed by atoms with Crippen molar-refractivity contribution >= 4 is 44.9 Å². The summed E-state index contributed by atoms with van der Waals surface area (Å²) in [6.07, 6.45) is 1.31. The molecule has 0 aliphatic carbocycles. The molecule has 0 atom stereocenters. The molecule has 3 rings (SSSR count). The number of ether oxygens (including phenoxy) is 2. The van der Waals surface area contributed by atoms with Crippen LogP contribution in [0.3, 0.4) is 0 Å². The second-order valence-electron chi connectivity index (χ2n) is 5.63. The second-order valence-corrected chi connectivity index (χ2v) is 6.54. The van der Waals surface area contributed by atoms with Gasteiger partial charge in [0, 0.05) is 9.86 Å². The summed E-state index contributed by atoms with van der Waals surface area (Å²) < 4.78 is 17.0. The third-order valence-corrected chi connectivity index (χ3v) is 4.26. The van der Waals surface area contributed by atoms with Crippen molar-refractivity contribution in [3.05, 3.63) is 63.8 Å². The van der Waals surface area contributed by atoms with Crippen LogP contribution >= 0.6 is 15.9 Å². The van der Waals surface area contributed by atoms with Gasteiger partial charge < -0.3 is 19.6 Å². The lowest BCUT2D eigenvalue weighted by Crippen LogP contribution is -2.12. The lowest BCUT2D eigenvalue weighted by molar-refractivity contribution is -0.114. The van der Waals surface area contributed by atoms with E-state index in [4.69, 9.17) is 24.9 Å². The maximum atomic E-state index is 12.4. The van der Waals surface area contributed by atoms with E-state index in [1.165, 1.54) is 25.3 Å². The predicted molar refractivity (Wildman–Crippen MR) is 105 cm³/mol. The van der Waals surface area contributed by atoms with Crippen LogP contribution < -0.4 is 15.2 Å². The van der Waals surface area contributed by atoms with E-state index in [0.29, 0.717) is 11.1 Å². The van der Waals surface area contributed by atoms with Gasteiger partial charge in [0.2, 0.25) is 5.76 Å². The van der Waals surface area contributed by atoms with Crippen molar-refractivity contribution in [2.75, 3.05) is 7.11 Å².